The Morgan fingerprint density at radius 1 is 1.10 bits per heavy atom. The van der Waals surface area contributed by atoms with E-state index in [2.05, 4.69) is 9.88 Å². The summed E-state index contributed by atoms with van der Waals surface area (Å²) < 4.78 is 46.8. The van der Waals surface area contributed by atoms with Crippen LogP contribution in [0.3, 0.4) is 0 Å². The lowest BCUT2D eigenvalue weighted by Crippen LogP contribution is -2.46. The summed E-state index contributed by atoms with van der Waals surface area (Å²) in [4.78, 5) is 21.2. The number of aromatic carboxylic acids is 1. The first-order valence-electron chi connectivity index (χ1n) is 13.0. The third kappa shape index (κ3) is 5.77. The van der Waals surface area contributed by atoms with Gasteiger partial charge in [-0.2, -0.15) is 13.2 Å². The molecule has 2 aliphatic heterocycles. The maximum atomic E-state index is 13.6. The van der Waals surface area contributed by atoms with Crippen LogP contribution in [-0.4, -0.2) is 71.8 Å². The molecule has 0 radical (unpaired) electrons. The largest absolute Gasteiger partial charge is 0.478 e. The smallest absolute Gasteiger partial charge is 0.416 e. The molecule has 3 aromatic rings. The third-order valence-corrected chi connectivity index (χ3v) is 7.64. The van der Waals surface area contributed by atoms with Crippen LogP contribution in [0, 0.1) is 0 Å². The molecular formula is C29H31F3N4O4. The van der Waals surface area contributed by atoms with Crippen LogP contribution in [0.5, 0.6) is 0 Å². The topological polar surface area (TPSA) is 89.4 Å². The molecule has 1 unspecified atom stereocenters. The fourth-order valence-corrected chi connectivity index (χ4v) is 5.36. The molecule has 0 aliphatic carbocycles. The first-order chi connectivity index (χ1) is 18.9. The van der Waals surface area contributed by atoms with Gasteiger partial charge >= 0.3 is 12.1 Å². The maximum Gasteiger partial charge on any atom is 0.416 e. The summed E-state index contributed by atoms with van der Waals surface area (Å²) >= 11 is 0. The number of rotatable bonds is 6. The van der Waals surface area contributed by atoms with Crippen LogP contribution < -0.4 is 9.80 Å². The van der Waals surface area contributed by atoms with Gasteiger partial charge < -0.3 is 24.7 Å². The van der Waals surface area contributed by atoms with E-state index in [1.807, 2.05) is 31.1 Å². The Morgan fingerprint density at radius 3 is 2.38 bits per heavy atom. The number of aliphatic hydroxyl groups is 1. The molecule has 212 valence electrons. The van der Waals surface area contributed by atoms with Crippen molar-refractivity contribution in [3.05, 3.63) is 77.5 Å². The molecule has 1 atom stereocenters. The molecule has 11 heteroatoms. The molecule has 40 heavy (non-hydrogen) atoms. The Bertz CT molecular complexity index is 1360. The van der Waals surface area contributed by atoms with E-state index < -0.39 is 29.7 Å². The molecule has 0 saturated carbocycles. The first-order valence-corrected chi connectivity index (χ1v) is 13.0. The first kappa shape index (κ1) is 27.9. The molecule has 0 amide bonds. The van der Waals surface area contributed by atoms with Crippen LogP contribution in [0.2, 0.25) is 0 Å². The van der Waals surface area contributed by atoms with Crippen molar-refractivity contribution in [1.82, 2.24) is 9.88 Å². The lowest BCUT2D eigenvalue weighted by atomic mass is 9.90. The molecule has 3 heterocycles. The van der Waals surface area contributed by atoms with E-state index in [1.165, 1.54) is 24.3 Å². The molecule has 5 rings (SSSR count). The SMILES string of the molecule is CN(C)c1ccc(-c2ccc(C(F)(F)F)cc2CN2CCC3(CC2)CN(c2ccc(C(=O)O)cc2)C(O)O3)cn1. The summed E-state index contributed by atoms with van der Waals surface area (Å²) in [5.41, 5.74) is 1.52. The van der Waals surface area contributed by atoms with Gasteiger partial charge in [0, 0.05) is 51.2 Å². The molecule has 2 saturated heterocycles. The Kier molecular flexibility index (Phi) is 7.47. The molecule has 2 N–H and O–H groups in total. The third-order valence-electron chi connectivity index (χ3n) is 7.64. The number of pyridine rings is 1. The zero-order valence-corrected chi connectivity index (χ0v) is 22.2. The molecule has 2 aromatic carbocycles. The highest BCUT2D eigenvalue weighted by Gasteiger charge is 2.46. The minimum atomic E-state index is -4.45. The molecule has 2 aliphatic rings. The number of alkyl halides is 3. The number of carboxylic acids is 1. The van der Waals surface area contributed by atoms with Crippen LogP contribution in [0.1, 0.15) is 34.3 Å². The van der Waals surface area contributed by atoms with Gasteiger partial charge in [0.05, 0.1) is 23.3 Å². The zero-order valence-electron chi connectivity index (χ0n) is 22.2. The highest BCUT2D eigenvalue weighted by atomic mass is 19.4. The summed E-state index contributed by atoms with van der Waals surface area (Å²) in [6, 6.07) is 13.8. The number of aromatic nitrogens is 1. The Hall–Kier alpha value is -3.67. The van der Waals surface area contributed by atoms with Crippen molar-refractivity contribution in [2.45, 2.75) is 37.6 Å². The van der Waals surface area contributed by atoms with Gasteiger partial charge in [-0.1, -0.05) is 6.07 Å². The number of ether oxygens (including phenoxy) is 1. The average Bonchev–Trinajstić information content (AvgIpc) is 3.25. The standard InChI is InChI=1S/C29H31F3N4O4/c1-34(2)25-10-5-20(16-33-25)24-9-6-22(29(30,31)32)15-21(24)17-35-13-11-28(12-14-35)18-36(27(39)40-28)23-7-3-19(4-8-23)26(37)38/h3-10,15-16,27,39H,11-14,17-18H2,1-2H3,(H,37,38). The van der Waals surface area contributed by atoms with Crippen molar-refractivity contribution in [3.8, 4) is 11.1 Å². The minimum Gasteiger partial charge on any atom is -0.478 e. The normalized spacial score (nSPS) is 19.2. The van der Waals surface area contributed by atoms with Crippen molar-refractivity contribution in [2.75, 3.05) is 43.5 Å². The number of piperidine rings is 1. The summed E-state index contributed by atoms with van der Waals surface area (Å²) in [6.07, 6.45) is -2.78. The van der Waals surface area contributed by atoms with Crippen molar-refractivity contribution in [2.24, 2.45) is 0 Å². The molecular weight excluding hydrogens is 525 g/mol. The summed E-state index contributed by atoms with van der Waals surface area (Å²) in [6.45, 7) is 1.90. The predicted molar refractivity (Wildman–Crippen MR) is 144 cm³/mol. The van der Waals surface area contributed by atoms with E-state index in [-0.39, 0.29) is 5.56 Å². The number of carboxylic acid groups (broad SMARTS) is 1. The number of nitrogens with zero attached hydrogens (tertiary/aromatic N) is 4. The van der Waals surface area contributed by atoms with Crippen LogP contribution in [0.15, 0.2) is 60.8 Å². The van der Waals surface area contributed by atoms with Crippen LogP contribution in [-0.2, 0) is 17.5 Å². The number of aliphatic hydroxyl groups excluding tert-OH is 1. The fourth-order valence-electron chi connectivity index (χ4n) is 5.36. The quantitative estimate of drug-likeness (QED) is 0.453. The predicted octanol–water partition coefficient (Wildman–Crippen LogP) is 4.68. The number of anilines is 2. The van der Waals surface area contributed by atoms with Crippen LogP contribution in [0.25, 0.3) is 11.1 Å². The van der Waals surface area contributed by atoms with Gasteiger partial charge in [0.25, 0.3) is 0 Å². The zero-order chi connectivity index (χ0) is 28.7. The van der Waals surface area contributed by atoms with Gasteiger partial charge in [-0.15, -0.1) is 0 Å². The molecule has 2 fully saturated rings. The molecule has 1 aromatic heterocycles. The monoisotopic (exact) mass is 556 g/mol. The fraction of sp³-hybridized carbons (Fsp3) is 0.379. The van der Waals surface area contributed by atoms with E-state index in [9.17, 15) is 23.1 Å². The summed E-state index contributed by atoms with van der Waals surface area (Å²) in [5, 5.41) is 19.8. The van der Waals surface area contributed by atoms with Crippen molar-refractivity contribution in [1.29, 1.82) is 0 Å². The van der Waals surface area contributed by atoms with Crippen LogP contribution in [0.4, 0.5) is 24.7 Å². The second-order valence-electron chi connectivity index (χ2n) is 10.6. The van der Waals surface area contributed by atoms with Gasteiger partial charge in [0.2, 0.25) is 6.41 Å². The lowest BCUT2D eigenvalue weighted by molar-refractivity contribution is -0.151. The Morgan fingerprint density at radius 2 is 1.80 bits per heavy atom. The van der Waals surface area contributed by atoms with Gasteiger partial charge in [-0.3, -0.25) is 4.90 Å². The number of benzene rings is 2. The van der Waals surface area contributed by atoms with Crippen LogP contribution >= 0.6 is 0 Å². The average molecular weight is 557 g/mol. The number of hydrogen-bond acceptors (Lipinski definition) is 7. The van der Waals surface area contributed by atoms with E-state index in [0.29, 0.717) is 55.8 Å². The molecule has 8 nitrogen and oxygen atoms in total. The number of halogens is 3. The maximum absolute atomic E-state index is 13.6. The number of likely N-dealkylation sites (tertiary alicyclic amines) is 1. The lowest BCUT2D eigenvalue weighted by Gasteiger charge is -2.38. The van der Waals surface area contributed by atoms with E-state index in [1.54, 1.807) is 23.2 Å². The highest BCUT2D eigenvalue weighted by Crippen LogP contribution is 2.39. The highest BCUT2D eigenvalue weighted by molar-refractivity contribution is 5.88. The van der Waals surface area contributed by atoms with Gasteiger partial charge in [0.15, 0.2) is 0 Å². The number of carbonyl (C=O) groups is 1. The molecule has 0 bridgehead atoms. The second-order valence-corrected chi connectivity index (χ2v) is 10.6. The van der Waals surface area contributed by atoms with Crippen molar-refractivity contribution < 1.29 is 32.9 Å². The second kappa shape index (κ2) is 10.7. The van der Waals surface area contributed by atoms with E-state index >= 15 is 0 Å². The van der Waals surface area contributed by atoms with Gasteiger partial charge in [-0.25, -0.2) is 9.78 Å². The Labute approximate surface area is 230 Å². The van der Waals surface area contributed by atoms with Crippen molar-refractivity contribution in [3.63, 3.8) is 0 Å². The summed E-state index contributed by atoms with van der Waals surface area (Å²) in [7, 11) is 3.74. The van der Waals surface area contributed by atoms with Gasteiger partial charge in [-0.05, 0) is 72.5 Å². The molecule has 1 spiro atoms. The minimum absolute atomic E-state index is 0.153. The summed E-state index contributed by atoms with van der Waals surface area (Å²) in [5.74, 6) is -0.274. The Balaban J connectivity index is 1.31. The number of hydrogen-bond donors (Lipinski definition) is 2. The van der Waals surface area contributed by atoms with E-state index in [0.717, 1.165) is 17.4 Å². The van der Waals surface area contributed by atoms with Gasteiger partial charge in [0.1, 0.15) is 5.82 Å². The van der Waals surface area contributed by atoms with E-state index in [4.69, 9.17) is 9.84 Å². The van der Waals surface area contributed by atoms with Crippen molar-refractivity contribution >= 4 is 17.5 Å².